The summed E-state index contributed by atoms with van der Waals surface area (Å²) in [4.78, 5) is 24.1. The van der Waals surface area contributed by atoms with Gasteiger partial charge in [0.15, 0.2) is 0 Å². The number of nitrogens with zero attached hydrogens (tertiary/aromatic N) is 1. The predicted octanol–water partition coefficient (Wildman–Crippen LogP) is 1.25. The number of hydrogen-bond donors (Lipinski definition) is 2. The molecule has 0 saturated carbocycles. The average molecular weight is 332 g/mol. The third-order valence-corrected chi connectivity index (χ3v) is 3.48. The fourth-order valence-electron chi connectivity index (χ4n) is 2.09. The number of carbonyl (C=O) groups excluding carboxylic acids is 1. The quantitative estimate of drug-likeness (QED) is 0.854. The summed E-state index contributed by atoms with van der Waals surface area (Å²) in [6, 6.07) is 2.80. The van der Waals surface area contributed by atoms with Gasteiger partial charge in [0.2, 0.25) is 0 Å². The van der Waals surface area contributed by atoms with Crippen LogP contribution in [0.25, 0.3) is 0 Å². The molecule has 1 fully saturated rings. The summed E-state index contributed by atoms with van der Waals surface area (Å²) in [6.07, 6.45) is -0.942. The van der Waals surface area contributed by atoms with Gasteiger partial charge in [0.25, 0.3) is 5.91 Å². The number of amides is 1. The van der Waals surface area contributed by atoms with Crippen LogP contribution < -0.4 is 0 Å². The van der Waals surface area contributed by atoms with Crippen molar-refractivity contribution in [3.8, 4) is 0 Å². The molecule has 0 spiro atoms. The molecule has 1 aliphatic rings. The van der Waals surface area contributed by atoms with Crippen molar-refractivity contribution in [2.24, 2.45) is 0 Å². The Labute approximate surface area is 116 Å². The zero-order chi connectivity index (χ0) is 14.2. The summed E-state index contributed by atoms with van der Waals surface area (Å²) < 4.78 is 14.2. The summed E-state index contributed by atoms with van der Waals surface area (Å²) in [5, 5.41) is 18.5. The number of rotatable bonds is 2. The number of carboxylic acid groups (broad SMARTS) is 1. The van der Waals surface area contributed by atoms with Crippen LogP contribution in [0.5, 0.6) is 0 Å². The summed E-state index contributed by atoms with van der Waals surface area (Å²) >= 11 is 3.07. The molecule has 1 aromatic carbocycles. The van der Waals surface area contributed by atoms with Gasteiger partial charge in [-0.2, -0.15) is 0 Å². The van der Waals surface area contributed by atoms with Gasteiger partial charge in [0.05, 0.1) is 11.7 Å². The number of aliphatic carboxylic acids is 1. The van der Waals surface area contributed by atoms with E-state index in [1.165, 1.54) is 12.1 Å². The first kappa shape index (κ1) is 14.0. The largest absolute Gasteiger partial charge is 0.480 e. The van der Waals surface area contributed by atoms with Gasteiger partial charge >= 0.3 is 5.97 Å². The minimum absolute atomic E-state index is 0.0424. The molecule has 7 heteroatoms. The maximum Gasteiger partial charge on any atom is 0.326 e. The first-order valence-electron chi connectivity index (χ1n) is 5.57. The molecule has 0 aromatic heterocycles. The van der Waals surface area contributed by atoms with Gasteiger partial charge < -0.3 is 15.1 Å². The standard InChI is InChI=1S/C12H11BrFNO4/c13-6-1-2-8(9(14)3-6)11(17)15-5-7(16)4-10(15)12(18)19/h1-3,7,10,16H,4-5H2,(H,18,19)/t7?,10-/m0/s1. The van der Waals surface area contributed by atoms with Gasteiger partial charge in [0.1, 0.15) is 11.9 Å². The first-order chi connectivity index (χ1) is 8.90. The topological polar surface area (TPSA) is 77.8 Å². The molecule has 1 aliphatic heterocycles. The molecule has 2 N–H and O–H groups in total. The highest BCUT2D eigenvalue weighted by atomic mass is 79.9. The number of benzene rings is 1. The second-order valence-electron chi connectivity index (χ2n) is 4.33. The van der Waals surface area contributed by atoms with Crippen molar-refractivity contribution in [2.75, 3.05) is 6.54 Å². The van der Waals surface area contributed by atoms with Gasteiger partial charge in [-0.1, -0.05) is 15.9 Å². The molecule has 2 rings (SSSR count). The molecule has 0 aliphatic carbocycles. The minimum Gasteiger partial charge on any atom is -0.480 e. The number of β-amino-alcohol motifs (C(OH)–C–C–N with tert-alkyl or cyclic N) is 1. The molecule has 1 aromatic rings. The van der Waals surface area contributed by atoms with Gasteiger partial charge in [-0.15, -0.1) is 0 Å². The fraction of sp³-hybridized carbons (Fsp3) is 0.333. The lowest BCUT2D eigenvalue weighted by Crippen LogP contribution is -2.40. The van der Waals surface area contributed by atoms with Crippen LogP contribution in [0, 0.1) is 5.82 Å². The van der Waals surface area contributed by atoms with E-state index in [4.69, 9.17) is 5.11 Å². The number of likely N-dealkylation sites (tertiary alicyclic amines) is 1. The van der Waals surface area contributed by atoms with Gasteiger partial charge in [-0.3, -0.25) is 4.79 Å². The maximum absolute atomic E-state index is 13.7. The van der Waals surface area contributed by atoms with Crippen molar-refractivity contribution in [3.05, 3.63) is 34.1 Å². The highest BCUT2D eigenvalue weighted by Crippen LogP contribution is 2.23. The molecule has 5 nitrogen and oxygen atoms in total. The summed E-state index contributed by atoms with van der Waals surface area (Å²) in [7, 11) is 0. The van der Waals surface area contributed by atoms with Crippen LogP contribution >= 0.6 is 15.9 Å². The Morgan fingerprint density at radius 1 is 1.42 bits per heavy atom. The molecule has 1 unspecified atom stereocenters. The molecule has 2 atom stereocenters. The van der Waals surface area contributed by atoms with Crippen LogP contribution in [0.4, 0.5) is 4.39 Å². The van der Waals surface area contributed by atoms with Crippen LogP contribution in [0.1, 0.15) is 16.8 Å². The molecule has 1 saturated heterocycles. The van der Waals surface area contributed by atoms with Crippen molar-refractivity contribution in [1.82, 2.24) is 4.90 Å². The van der Waals surface area contributed by atoms with E-state index in [2.05, 4.69) is 15.9 Å². The summed E-state index contributed by atoms with van der Waals surface area (Å²) in [6.45, 7) is -0.106. The van der Waals surface area contributed by atoms with E-state index in [-0.39, 0.29) is 18.5 Å². The molecular weight excluding hydrogens is 321 g/mol. The monoisotopic (exact) mass is 331 g/mol. The van der Waals surface area contributed by atoms with Crippen LogP contribution in [0.3, 0.4) is 0 Å². The predicted molar refractivity (Wildman–Crippen MR) is 67.2 cm³/mol. The Hall–Kier alpha value is -1.47. The molecule has 1 amide bonds. The highest BCUT2D eigenvalue weighted by molar-refractivity contribution is 9.10. The zero-order valence-electron chi connectivity index (χ0n) is 9.72. The van der Waals surface area contributed by atoms with Crippen molar-refractivity contribution in [2.45, 2.75) is 18.6 Å². The minimum atomic E-state index is -1.21. The summed E-state index contributed by atoms with van der Waals surface area (Å²) in [5.74, 6) is -2.67. The maximum atomic E-state index is 13.7. The van der Waals surface area contributed by atoms with Crippen molar-refractivity contribution < 1.29 is 24.2 Å². The third kappa shape index (κ3) is 2.76. The lowest BCUT2D eigenvalue weighted by Gasteiger charge is -2.21. The van der Waals surface area contributed by atoms with Crippen LogP contribution in [0.2, 0.25) is 0 Å². The third-order valence-electron chi connectivity index (χ3n) is 2.99. The first-order valence-corrected chi connectivity index (χ1v) is 6.36. The summed E-state index contributed by atoms with van der Waals surface area (Å²) in [5.41, 5.74) is -0.205. The SMILES string of the molecule is O=C(O)[C@@H]1CC(O)CN1C(=O)c1ccc(Br)cc1F. The Kier molecular flexibility index (Phi) is 3.86. The van der Waals surface area contributed by atoms with E-state index in [1.54, 1.807) is 0 Å². The number of aliphatic hydroxyl groups is 1. The van der Waals surface area contributed by atoms with Crippen LogP contribution in [0.15, 0.2) is 22.7 Å². The van der Waals surface area contributed by atoms with Gasteiger partial charge in [-0.25, -0.2) is 9.18 Å². The van der Waals surface area contributed by atoms with E-state index in [9.17, 15) is 19.1 Å². The van der Waals surface area contributed by atoms with Gasteiger partial charge in [0, 0.05) is 17.4 Å². The zero-order valence-corrected chi connectivity index (χ0v) is 11.3. The number of carboxylic acids is 1. The Morgan fingerprint density at radius 3 is 2.68 bits per heavy atom. The smallest absolute Gasteiger partial charge is 0.326 e. The van der Waals surface area contributed by atoms with E-state index in [0.29, 0.717) is 4.47 Å². The lowest BCUT2D eigenvalue weighted by atomic mass is 10.1. The highest BCUT2D eigenvalue weighted by Gasteiger charge is 2.39. The number of carbonyl (C=O) groups is 2. The van der Waals surface area contributed by atoms with E-state index < -0.39 is 29.8 Å². The second-order valence-corrected chi connectivity index (χ2v) is 5.24. The van der Waals surface area contributed by atoms with E-state index in [1.807, 2.05) is 0 Å². The van der Waals surface area contributed by atoms with E-state index in [0.717, 1.165) is 11.0 Å². The van der Waals surface area contributed by atoms with Crippen LogP contribution in [-0.4, -0.2) is 45.7 Å². The van der Waals surface area contributed by atoms with Crippen molar-refractivity contribution in [3.63, 3.8) is 0 Å². The Morgan fingerprint density at radius 2 is 2.11 bits per heavy atom. The normalized spacial score (nSPS) is 22.6. The Balaban J connectivity index is 2.30. The molecule has 1 heterocycles. The number of aliphatic hydroxyl groups excluding tert-OH is 1. The van der Waals surface area contributed by atoms with Crippen LogP contribution in [-0.2, 0) is 4.79 Å². The van der Waals surface area contributed by atoms with Crippen molar-refractivity contribution in [1.29, 1.82) is 0 Å². The molecule has 19 heavy (non-hydrogen) atoms. The molecular formula is C12H11BrFNO4. The molecule has 102 valence electrons. The second kappa shape index (κ2) is 5.26. The average Bonchev–Trinajstić information content (AvgIpc) is 2.70. The number of halogens is 2. The van der Waals surface area contributed by atoms with Gasteiger partial charge in [-0.05, 0) is 18.2 Å². The Bertz CT molecular complexity index is 536. The van der Waals surface area contributed by atoms with Crippen molar-refractivity contribution >= 4 is 27.8 Å². The van der Waals surface area contributed by atoms with E-state index >= 15 is 0 Å². The fourth-order valence-corrected chi connectivity index (χ4v) is 2.42. The molecule has 0 radical (unpaired) electrons. The lowest BCUT2D eigenvalue weighted by molar-refractivity contribution is -0.141. The number of hydrogen-bond acceptors (Lipinski definition) is 3. The molecule has 0 bridgehead atoms.